The Morgan fingerprint density at radius 2 is 2.00 bits per heavy atom. The summed E-state index contributed by atoms with van der Waals surface area (Å²) in [6.07, 6.45) is -4.57. The zero-order valence-corrected chi connectivity index (χ0v) is 13.0. The van der Waals surface area contributed by atoms with Gasteiger partial charge in [-0.1, -0.05) is 11.6 Å². The molecule has 0 bridgehead atoms. The lowest BCUT2D eigenvalue weighted by Gasteiger charge is -2.26. The molecule has 1 saturated heterocycles. The maximum absolute atomic E-state index is 12.7. The summed E-state index contributed by atoms with van der Waals surface area (Å²) >= 11 is 5.52. The van der Waals surface area contributed by atoms with E-state index in [-0.39, 0.29) is 5.69 Å². The van der Waals surface area contributed by atoms with E-state index in [1.165, 1.54) is 6.07 Å². The number of carbonyl (C=O) groups excluding carboxylic acids is 1. The summed E-state index contributed by atoms with van der Waals surface area (Å²) in [4.78, 5) is 13.9. The Labute approximate surface area is 136 Å². The van der Waals surface area contributed by atoms with Crippen LogP contribution in [0.2, 0.25) is 5.02 Å². The number of amides is 2. The summed E-state index contributed by atoms with van der Waals surface area (Å²) in [6, 6.07) is 2.67. The van der Waals surface area contributed by atoms with Gasteiger partial charge in [0.2, 0.25) is 0 Å². The lowest BCUT2D eigenvalue weighted by Crippen LogP contribution is -2.42. The molecule has 0 unspecified atom stereocenters. The second kappa shape index (κ2) is 7.85. The molecule has 0 saturated carbocycles. The van der Waals surface area contributed by atoms with Crippen LogP contribution in [0, 0.1) is 0 Å². The first-order chi connectivity index (χ1) is 10.9. The van der Waals surface area contributed by atoms with E-state index in [4.69, 9.17) is 16.3 Å². The number of nitrogens with zero attached hydrogens (tertiary/aromatic N) is 1. The maximum atomic E-state index is 12.7. The number of anilines is 1. The summed E-state index contributed by atoms with van der Waals surface area (Å²) < 4.78 is 43.4. The van der Waals surface area contributed by atoms with Crippen LogP contribution in [0.25, 0.3) is 0 Å². The topological polar surface area (TPSA) is 53.6 Å². The maximum Gasteiger partial charge on any atom is 0.417 e. The molecule has 1 aromatic rings. The number of morpholine rings is 1. The highest BCUT2D eigenvalue weighted by atomic mass is 35.5. The Bertz CT molecular complexity index is 549. The van der Waals surface area contributed by atoms with Crippen LogP contribution in [-0.4, -0.2) is 50.3 Å². The van der Waals surface area contributed by atoms with Crippen LogP contribution in [0.15, 0.2) is 18.2 Å². The molecule has 0 aromatic heterocycles. The minimum Gasteiger partial charge on any atom is -0.379 e. The first-order valence-corrected chi connectivity index (χ1v) is 7.46. The molecule has 0 atom stereocenters. The van der Waals surface area contributed by atoms with Crippen LogP contribution in [0.3, 0.4) is 0 Å². The Balaban J connectivity index is 1.83. The number of hydrogen-bond acceptors (Lipinski definition) is 3. The number of alkyl halides is 3. The van der Waals surface area contributed by atoms with Crippen LogP contribution in [0.5, 0.6) is 0 Å². The fraction of sp³-hybridized carbons (Fsp3) is 0.500. The average molecular weight is 352 g/mol. The van der Waals surface area contributed by atoms with Crippen molar-refractivity contribution >= 4 is 23.3 Å². The first kappa shape index (κ1) is 17.8. The molecule has 1 heterocycles. The number of hydrogen-bond donors (Lipinski definition) is 2. The van der Waals surface area contributed by atoms with E-state index < -0.39 is 22.8 Å². The summed E-state index contributed by atoms with van der Waals surface area (Å²) in [6.45, 7) is 3.98. The zero-order valence-electron chi connectivity index (χ0n) is 12.3. The Kier molecular flexibility index (Phi) is 6.09. The minimum absolute atomic E-state index is 0.0330. The number of ether oxygens (including phenoxy) is 1. The minimum atomic E-state index is -4.57. The molecule has 0 radical (unpaired) electrons. The smallest absolute Gasteiger partial charge is 0.379 e. The van der Waals surface area contributed by atoms with Crippen molar-refractivity contribution < 1.29 is 22.7 Å². The van der Waals surface area contributed by atoms with Gasteiger partial charge in [-0.25, -0.2) is 4.79 Å². The highest BCUT2D eigenvalue weighted by Crippen LogP contribution is 2.36. The molecule has 5 nitrogen and oxygen atoms in total. The van der Waals surface area contributed by atoms with Gasteiger partial charge in [0.15, 0.2) is 0 Å². The van der Waals surface area contributed by atoms with Crippen LogP contribution in [0.1, 0.15) is 5.56 Å². The zero-order chi connectivity index (χ0) is 16.9. The molecule has 1 aliphatic rings. The lowest BCUT2D eigenvalue weighted by atomic mass is 10.2. The molecule has 1 aromatic carbocycles. The Morgan fingerprint density at radius 1 is 1.30 bits per heavy atom. The van der Waals surface area contributed by atoms with Crippen molar-refractivity contribution in [1.82, 2.24) is 10.2 Å². The van der Waals surface area contributed by atoms with E-state index in [2.05, 4.69) is 15.5 Å². The summed E-state index contributed by atoms with van der Waals surface area (Å²) in [5, 5.41) is 4.57. The first-order valence-electron chi connectivity index (χ1n) is 7.08. The van der Waals surface area contributed by atoms with Crippen molar-refractivity contribution in [3.05, 3.63) is 28.8 Å². The second-order valence-corrected chi connectivity index (χ2v) is 5.43. The van der Waals surface area contributed by atoms with Crippen LogP contribution >= 0.6 is 11.6 Å². The SMILES string of the molecule is O=C(NCCN1CCOCC1)Nc1ccc(Cl)c(C(F)(F)F)c1. The molecule has 2 amide bonds. The summed E-state index contributed by atoms with van der Waals surface area (Å²) in [5.74, 6) is 0. The molecule has 23 heavy (non-hydrogen) atoms. The van der Waals surface area contributed by atoms with Crippen LogP contribution < -0.4 is 10.6 Å². The van der Waals surface area contributed by atoms with Gasteiger partial charge in [0.1, 0.15) is 0 Å². The van der Waals surface area contributed by atoms with Crippen molar-refractivity contribution in [1.29, 1.82) is 0 Å². The second-order valence-electron chi connectivity index (χ2n) is 5.03. The van der Waals surface area contributed by atoms with Crippen molar-refractivity contribution in [3.63, 3.8) is 0 Å². The largest absolute Gasteiger partial charge is 0.417 e. The highest BCUT2D eigenvalue weighted by Gasteiger charge is 2.33. The quantitative estimate of drug-likeness (QED) is 0.877. The number of halogens is 4. The number of rotatable bonds is 4. The predicted molar refractivity (Wildman–Crippen MR) is 80.7 cm³/mol. The van der Waals surface area contributed by atoms with E-state index in [1.807, 2.05) is 0 Å². The van der Waals surface area contributed by atoms with Crippen LogP contribution in [-0.2, 0) is 10.9 Å². The van der Waals surface area contributed by atoms with E-state index in [1.54, 1.807) is 0 Å². The number of benzene rings is 1. The van der Waals surface area contributed by atoms with Crippen LogP contribution in [0.4, 0.5) is 23.7 Å². The fourth-order valence-electron chi connectivity index (χ4n) is 2.15. The molecule has 1 fully saturated rings. The van der Waals surface area contributed by atoms with Gasteiger partial charge in [0.25, 0.3) is 0 Å². The molecule has 1 aliphatic heterocycles. The van der Waals surface area contributed by atoms with Gasteiger partial charge in [-0.15, -0.1) is 0 Å². The molecule has 0 spiro atoms. The number of nitrogens with one attached hydrogen (secondary N) is 2. The van der Waals surface area contributed by atoms with Crippen molar-refractivity contribution in [2.24, 2.45) is 0 Å². The van der Waals surface area contributed by atoms with Gasteiger partial charge < -0.3 is 15.4 Å². The third-order valence-electron chi connectivity index (χ3n) is 3.35. The van der Waals surface area contributed by atoms with Gasteiger partial charge >= 0.3 is 12.2 Å². The highest BCUT2D eigenvalue weighted by molar-refractivity contribution is 6.31. The van der Waals surface area contributed by atoms with E-state index in [9.17, 15) is 18.0 Å². The van der Waals surface area contributed by atoms with Crippen molar-refractivity contribution in [2.45, 2.75) is 6.18 Å². The van der Waals surface area contributed by atoms with Gasteiger partial charge in [0.05, 0.1) is 23.8 Å². The van der Waals surface area contributed by atoms with E-state index in [0.717, 1.165) is 25.2 Å². The van der Waals surface area contributed by atoms with Gasteiger partial charge in [-0.3, -0.25) is 4.90 Å². The molecule has 2 rings (SSSR count). The van der Waals surface area contributed by atoms with Gasteiger partial charge in [-0.05, 0) is 18.2 Å². The normalized spacial score (nSPS) is 16.2. The van der Waals surface area contributed by atoms with Gasteiger partial charge in [-0.2, -0.15) is 13.2 Å². The standard InChI is InChI=1S/C14H17ClF3N3O2/c15-12-2-1-10(9-11(12)14(16,17)18)20-13(22)19-3-4-21-5-7-23-8-6-21/h1-2,9H,3-8H2,(H2,19,20,22). The Hall–Kier alpha value is -1.51. The predicted octanol–water partition coefficient (Wildman–Crippen LogP) is 2.81. The molecule has 128 valence electrons. The molecule has 2 N–H and O–H groups in total. The van der Waals surface area contributed by atoms with Gasteiger partial charge in [0, 0.05) is 31.9 Å². The molecule has 0 aliphatic carbocycles. The fourth-order valence-corrected chi connectivity index (χ4v) is 2.37. The van der Waals surface area contributed by atoms with Crippen molar-refractivity contribution in [2.75, 3.05) is 44.7 Å². The number of urea groups is 1. The monoisotopic (exact) mass is 351 g/mol. The van der Waals surface area contributed by atoms with Crippen molar-refractivity contribution in [3.8, 4) is 0 Å². The lowest BCUT2D eigenvalue weighted by molar-refractivity contribution is -0.137. The molecule has 9 heteroatoms. The third kappa shape index (κ3) is 5.56. The molecular weight excluding hydrogens is 335 g/mol. The Morgan fingerprint density at radius 3 is 2.65 bits per heavy atom. The van der Waals surface area contributed by atoms with E-state index >= 15 is 0 Å². The number of carbonyl (C=O) groups is 1. The average Bonchev–Trinajstić information content (AvgIpc) is 2.49. The molecular formula is C14H17ClF3N3O2. The summed E-state index contributed by atoms with van der Waals surface area (Å²) in [5.41, 5.74) is -0.948. The summed E-state index contributed by atoms with van der Waals surface area (Å²) in [7, 11) is 0. The third-order valence-corrected chi connectivity index (χ3v) is 3.68. The van der Waals surface area contributed by atoms with E-state index in [0.29, 0.717) is 26.3 Å².